The van der Waals surface area contributed by atoms with Crippen LogP contribution in [0.1, 0.15) is 30.4 Å². The number of carbonyl (C=O) groups is 2. The molecule has 0 aliphatic heterocycles. The molecule has 0 bridgehead atoms. The van der Waals surface area contributed by atoms with Crippen molar-refractivity contribution in [3.05, 3.63) is 40.3 Å². The minimum Gasteiger partial charge on any atom is -0.468 e. The van der Waals surface area contributed by atoms with Crippen molar-refractivity contribution >= 4 is 22.6 Å². The van der Waals surface area contributed by atoms with Gasteiger partial charge >= 0.3 is 5.97 Å². The highest BCUT2D eigenvalue weighted by Gasteiger charge is 2.18. The van der Waals surface area contributed by atoms with E-state index < -0.39 is 11.9 Å². The fraction of sp³-hybridized carbons (Fsp3) is 0.333. The lowest BCUT2D eigenvalue weighted by atomic mass is 10.1. The quantitative estimate of drug-likeness (QED) is 0.847. The van der Waals surface area contributed by atoms with Gasteiger partial charge < -0.3 is 10.1 Å². The summed E-state index contributed by atoms with van der Waals surface area (Å²) in [6.07, 6.45) is 0. The van der Waals surface area contributed by atoms with Gasteiger partial charge in [0.1, 0.15) is 6.54 Å². The van der Waals surface area contributed by atoms with Crippen LogP contribution in [0.15, 0.2) is 29.1 Å². The number of aromatic nitrogens is 2. The molecule has 116 valence electrons. The summed E-state index contributed by atoms with van der Waals surface area (Å²) in [5.41, 5.74) is -0.150. The molecule has 0 saturated heterocycles. The van der Waals surface area contributed by atoms with E-state index in [2.05, 4.69) is 15.2 Å². The van der Waals surface area contributed by atoms with Crippen LogP contribution in [0.5, 0.6) is 0 Å². The molecule has 1 N–H and O–H groups in total. The topological polar surface area (TPSA) is 90.3 Å². The van der Waals surface area contributed by atoms with Crippen LogP contribution in [0.3, 0.4) is 0 Å². The highest BCUT2D eigenvalue weighted by Crippen LogP contribution is 2.14. The van der Waals surface area contributed by atoms with Gasteiger partial charge in [-0.15, -0.1) is 0 Å². The number of ether oxygens (including phenoxy) is 1. The molecule has 7 heteroatoms. The van der Waals surface area contributed by atoms with Crippen molar-refractivity contribution in [1.82, 2.24) is 15.1 Å². The third-order valence-electron chi connectivity index (χ3n) is 3.15. The highest BCUT2D eigenvalue weighted by molar-refractivity contribution is 6.05. The van der Waals surface area contributed by atoms with Gasteiger partial charge in [-0.3, -0.25) is 14.4 Å². The second kappa shape index (κ2) is 6.38. The fourth-order valence-corrected chi connectivity index (χ4v) is 2.03. The second-order valence-electron chi connectivity index (χ2n) is 5.00. The molecule has 1 aromatic carbocycles. The Morgan fingerprint density at radius 2 is 1.91 bits per heavy atom. The fourth-order valence-electron chi connectivity index (χ4n) is 2.03. The summed E-state index contributed by atoms with van der Waals surface area (Å²) >= 11 is 0. The minimum absolute atomic E-state index is 0.104. The molecule has 0 spiro atoms. The van der Waals surface area contributed by atoms with Gasteiger partial charge in [-0.05, 0) is 19.9 Å². The first-order valence-electron chi connectivity index (χ1n) is 6.82. The molecule has 1 aromatic heterocycles. The van der Waals surface area contributed by atoms with E-state index in [0.717, 1.165) is 0 Å². The Kier molecular flexibility index (Phi) is 4.55. The van der Waals surface area contributed by atoms with Crippen LogP contribution in [-0.4, -0.2) is 35.3 Å². The molecule has 0 fully saturated rings. The van der Waals surface area contributed by atoms with Crippen molar-refractivity contribution < 1.29 is 14.3 Å². The van der Waals surface area contributed by atoms with Gasteiger partial charge in [-0.2, -0.15) is 5.10 Å². The summed E-state index contributed by atoms with van der Waals surface area (Å²) in [4.78, 5) is 35.7. The number of esters is 1. The number of fused-ring (bicyclic) bond motifs is 1. The Hall–Kier alpha value is -2.70. The van der Waals surface area contributed by atoms with Gasteiger partial charge in [0.15, 0.2) is 5.69 Å². The Morgan fingerprint density at radius 3 is 2.50 bits per heavy atom. The maximum absolute atomic E-state index is 12.4. The third-order valence-corrected chi connectivity index (χ3v) is 3.15. The Bertz CT molecular complexity index is 780. The molecule has 22 heavy (non-hydrogen) atoms. The van der Waals surface area contributed by atoms with Gasteiger partial charge in [-0.1, -0.05) is 18.2 Å². The number of benzene rings is 1. The van der Waals surface area contributed by atoms with E-state index in [0.29, 0.717) is 10.8 Å². The summed E-state index contributed by atoms with van der Waals surface area (Å²) < 4.78 is 5.74. The number of methoxy groups -OCH3 is 1. The average molecular weight is 303 g/mol. The first-order chi connectivity index (χ1) is 10.5. The number of nitrogens with one attached hydrogen (secondary N) is 1. The van der Waals surface area contributed by atoms with Crippen molar-refractivity contribution in [3.8, 4) is 0 Å². The molecule has 0 unspecified atom stereocenters. The third kappa shape index (κ3) is 2.98. The molecule has 0 aliphatic carbocycles. The Morgan fingerprint density at radius 1 is 1.27 bits per heavy atom. The predicted octanol–water partition coefficient (Wildman–Crippen LogP) is 0.880. The van der Waals surface area contributed by atoms with Gasteiger partial charge in [0.2, 0.25) is 0 Å². The normalized spacial score (nSPS) is 10.7. The lowest BCUT2D eigenvalue weighted by Gasteiger charge is -2.13. The molecular formula is C15H17N3O4. The smallest absolute Gasteiger partial charge is 0.325 e. The van der Waals surface area contributed by atoms with Crippen LogP contribution in [0.2, 0.25) is 0 Å². The van der Waals surface area contributed by atoms with E-state index in [1.807, 2.05) is 0 Å². The lowest BCUT2D eigenvalue weighted by molar-refractivity contribution is -0.139. The molecular weight excluding hydrogens is 286 g/mol. The van der Waals surface area contributed by atoms with E-state index in [1.54, 1.807) is 38.1 Å². The Balaban J connectivity index is 2.53. The molecule has 2 rings (SSSR count). The summed E-state index contributed by atoms with van der Waals surface area (Å²) in [5.74, 6) is -1.09. The van der Waals surface area contributed by atoms with Crippen molar-refractivity contribution in [2.75, 3.05) is 13.7 Å². The SMILES string of the molecule is COC(=O)CNC(=O)c1nn(C(C)C)c(=O)c2ccccc12. The van der Waals surface area contributed by atoms with E-state index in [1.165, 1.54) is 11.8 Å². The summed E-state index contributed by atoms with van der Waals surface area (Å²) in [5, 5.41) is 7.44. The summed E-state index contributed by atoms with van der Waals surface area (Å²) in [6.45, 7) is 3.35. The molecule has 0 radical (unpaired) electrons. The zero-order chi connectivity index (χ0) is 16.3. The zero-order valence-electron chi connectivity index (χ0n) is 12.6. The van der Waals surface area contributed by atoms with Crippen LogP contribution in [0.25, 0.3) is 10.8 Å². The van der Waals surface area contributed by atoms with Crippen molar-refractivity contribution in [2.24, 2.45) is 0 Å². The second-order valence-corrected chi connectivity index (χ2v) is 5.00. The first-order valence-corrected chi connectivity index (χ1v) is 6.82. The van der Waals surface area contributed by atoms with Gasteiger partial charge in [0, 0.05) is 5.39 Å². The number of rotatable bonds is 4. The summed E-state index contributed by atoms with van der Waals surface area (Å²) in [6, 6.07) is 6.56. The van der Waals surface area contributed by atoms with Crippen molar-refractivity contribution in [2.45, 2.75) is 19.9 Å². The minimum atomic E-state index is -0.560. The molecule has 2 aromatic rings. The van der Waals surface area contributed by atoms with E-state index in [4.69, 9.17) is 0 Å². The number of amides is 1. The lowest BCUT2D eigenvalue weighted by Crippen LogP contribution is -2.34. The molecule has 1 amide bonds. The monoisotopic (exact) mass is 303 g/mol. The maximum atomic E-state index is 12.4. The van der Waals surface area contributed by atoms with E-state index in [9.17, 15) is 14.4 Å². The van der Waals surface area contributed by atoms with Crippen LogP contribution in [-0.2, 0) is 9.53 Å². The first kappa shape index (κ1) is 15.7. The largest absolute Gasteiger partial charge is 0.468 e. The number of carbonyl (C=O) groups excluding carboxylic acids is 2. The molecule has 7 nitrogen and oxygen atoms in total. The predicted molar refractivity (Wildman–Crippen MR) is 80.7 cm³/mol. The highest BCUT2D eigenvalue weighted by atomic mass is 16.5. The molecule has 1 heterocycles. The van der Waals surface area contributed by atoms with Crippen LogP contribution in [0.4, 0.5) is 0 Å². The molecule has 0 saturated carbocycles. The van der Waals surface area contributed by atoms with E-state index in [-0.39, 0.29) is 23.8 Å². The molecule has 0 aliphatic rings. The van der Waals surface area contributed by atoms with E-state index >= 15 is 0 Å². The molecule has 0 atom stereocenters. The van der Waals surface area contributed by atoms with Crippen LogP contribution >= 0.6 is 0 Å². The number of hydrogen-bond donors (Lipinski definition) is 1. The van der Waals surface area contributed by atoms with Gasteiger partial charge in [0.25, 0.3) is 11.5 Å². The van der Waals surface area contributed by atoms with Crippen LogP contribution in [0, 0.1) is 0 Å². The van der Waals surface area contributed by atoms with Gasteiger partial charge in [0.05, 0.1) is 18.5 Å². The standard InChI is InChI=1S/C15H17N3O4/c1-9(2)18-15(21)11-7-5-4-6-10(11)13(17-18)14(20)16-8-12(19)22-3/h4-7,9H,8H2,1-3H3,(H,16,20). The maximum Gasteiger partial charge on any atom is 0.325 e. The average Bonchev–Trinajstić information content (AvgIpc) is 2.52. The van der Waals surface area contributed by atoms with Gasteiger partial charge in [-0.25, -0.2) is 4.68 Å². The zero-order valence-corrected chi connectivity index (χ0v) is 12.6. The summed E-state index contributed by atoms with van der Waals surface area (Å²) in [7, 11) is 1.24. The van der Waals surface area contributed by atoms with Crippen LogP contribution < -0.4 is 10.9 Å². The Labute approximate surface area is 126 Å². The van der Waals surface area contributed by atoms with Crippen molar-refractivity contribution in [1.29, 1.82) is 0 Å². The number of hydrogen-bond acceptors (Lipinski definition) is 5. The number of nitrogens with zero attached hydrogens (tertiary/aromatic N) is 2. The van der Waals surface area contributed by atoms with Crippen molar-refractivity contribution in [3.63, 3.8) is 0 Å².